The van der Waals surface area contributed by atoms with Crippen molar-refractivity contribution in [2.75, 3.05) is 18.4 Å². The van der Waals surface area contributed by atoms with E-state index in [-0.39, 0.29) is 10.0 Å². The third kappa shape index (κ3) is 3.61. The highest BCUT2D eigenvalue weighted by Gasteiger charge is 2.19. The number of nitrogens with one attached hydrogen (secondary N) is 1. The summed E-state index contributed by atoms with van der Waals surface area (Å²) in [4.78, 5) is 3.67. The van der Waals surface area contributed by atoms with Crippen LogP contribution >= 0.6 is 11.6 Å². The van der Waals surface area contributed by atoms with Crippen molar-refractivity contribution in [2.24, 2.45) is 0 Å². The Balaban J connectivity index is 2.32. The molecule has 1 heterocycles. The largest absolute Gasteiger partial charge is 0.493 e. The number of halogens is 1. The number of sulfonamides is 1. The smallest absolute Gasteiger partial charge is 0.264 e. The average Bonchev–Trinajstić information content (AvgIpc) is 2.49. The highest BCUT2D eigenvalue weighted by atomic mass is 35.5. The van der Waals surface area contributed by atoms with Gasteiger partial charge in [-0.2, -0.15) is 0 Å². The van der Waals surface area contributed by atoms with Gasteiger partial charge in [0.15, 0.2) is 11.5 Å². The van der Waals surface area contributed by atoms with Crippen LogP contribution in [0, 0.1) is 0 Å². The zero-order valence-electron chi connectivity index (χ0n) is 12.0. The van der Waals surface area contributed by atoms with Crippen LogP contribution in [0.5, 0.6) is 11.5 Å². The van der Waals surface area contributed by atoms with Crippen molar-refractivity contribution in [2.45, 2.75) is 11.8 Å². The van der Waals surface area contributed by atoms with Crippen LogP contribution in [0.3, 0.4) is 0 Å². The molecule has 0 bridgehead atoms. The molecule has 2 rings (SSSR count). The molecule has 22 heavy (non-hydrogen) atoms. The van der Waals surface area contributed by atoms with Gasteiger partial charge in [0.1, 0.15) is 10.0 Å². The van der Waals surface area contributed by atoms with Crippen LogP contribution < -0.4 is 14.2 Å². The highest BCUT2D eigenvalue weighted by Crippen LogP contribution is 2.31. The van der Waals surface area contributed by atoms with E-state index in [1.54, 1.807) is 12.1 Å². The molecule has 0 aliphatic carbocycles. The average molecular weight is 343 g/mol. The van der Waals surface area contributed by atoms with Crippen LogP contribution in [0.2, 0.25) is 5.15 Å². The predicted molar refractivity (Wildman–Crippen MR) is 84.2 cm³/mol. The Morgan fingerprint density at radius 1 is 1.27 bits per heavy atom. The molecule has 1 N–H and O–H groups in total. The van der Waals surface area contributed by atoms with Gasteiger partial charge in [-0.1, -0.05) is 11.6 Å². The Morgan fingerprint density at radius 3 is 2.68 bits per heavy atom. The summed E-state index contributed by atoms with van der Waals surface area (Å²) in [5.41, 5.74) is 0.334. The van der Waals surface area contributed by atoms with Gasteiger partial charge in [0, 0.05) is 12.3 Å². The Hall–Kier alpha value is -1.99. The zero-order chi connectivity index (χ0) is 16.2. The molecule has 0 spiro atoms. The lowest BCUT2D eigenvalue weighted by atomic mass is 10.3. The number of anilines is 1. The SMILES string of the molecule is CCOc1ccc(NS(=O)(=O)c2cccnc2Cl)cc1OC. The summed E-state index contributed by atoms with van der Waals surface area (Å²) in [5, 5.41) is -0.0899. The summed E-state index contributed by atoms with van der Waals surface area (Å²) in [6, 6.07) is 7.62. The van der Waals surface area contributed by atoms with Crippen molar-refractivity contribution >= 4 is 27.3 Å². The third-order valence-corrected chi connectivity index (χ3v) is 4.56. The molecule has 0 atom stereocenters. The Labute approximate surface area is 134 Å². The van der Waals surface area contributed by atoms with Crippen LogP contribution in [0.1, 0.15) is 6.92 Å². The first-order chi connectivity index (χ1) is 10.5. The lowest BCUT2D eigenvalue weighted by molar-refractivity contribution is 0.311. The molecule has 0 saturated carbocycles. The maximum absolute atomic E-state index is 12.3. The fourth-order valence-corrected chi connectivity index (χ4v) is 3.29. The second-order valence-electron chi connectivity index (χ2n) is 4.20. The van der Waals surface area contributed by atoms with E-state index in [2.05, 4.69) is 9.71 Å². The zero-order valence-corrected chi connectivity index (χ0v) is 13.6. The summed E-state index contributed by atoms with van der Waals surface area (Å²) in [6.45, 7) is 2.33. The quantitative estimate of drug-likeness (QED) is 0.817. The van der Waals surface area contributed by atoms with Crippen LogP contribution in [0.15, 0.2) is 41.4 Å². The predicted octanol–water partition coefficient (Wildman–Crippen LogP) is 2.94. The number of aromatic nitrogens is 1. The van der Waals surface area contributed by atoms with E-state index in [9.17, 15) is 8.42 Å². The molecule has 2 aromatic rings. The molecule has 0 aliphatic rings. The molecule has 8 heteroatoms. The van der Waals surface area contributed by atoms with Crippen molar-refractivity contribution in [3.05, 3.63) is 41.7 Å². The number of hydrogen-bond donors (Lipinski definition) is 1. The van der Waals surface area contributed by atoms with E-state index < -0.39 is 10.0 Å². The van der Waals surface area contributed by atoms with Crippen molar-refractivity contribution in [1.29, 1.82) is 0 Å². The van der Waals surface area contributed by atoms with Crippen molar-refractivity contribution in [3.8, 4) is 11.5 Å². The van der Waals surface area contributed by atoms with Crippen molar-refractivity contribution in [3.63, 3.8) is 0 Å². The third-order valence-electron chi connectivity index (χ3n) is 2.73. The Kier molecular flexibility index (Phi) is 5.10. The van der Waals surface area contributed by atoms with Crippen molar-refractivity contribution in [1.82, 2.24) is 4.98 Å². The van der Waals surface area contributed by atoms with Gasteiger partial charge < -0.3 is 9.47 Å². The lowest BCUT2D eigenvalue weighted by Crippen LogP contribution is -2.14. The first kappa shape index (κ1) is 16.4. The number of hydrogen-bond acceptors (Lipinski definition) is 5. The molecule has 1 aromatic carbocycles. The topological polar surface area (TPSA) is 77.5 Å². The van der Waals surface area contributed by atoms with Gasteiger partial charge in [-0.05, 0) is 31.2 Å². The first-order valence-corrected chi connectivity index (χ1v) is 8.28. The van der Waals surface area contributed by atoms with Crippen LogP contribution in [0.4, 0.5) is 5.69 Å². The minimum Gasteiger partial charge on any atom is -0.493 e. The number of pyridine rings is 1. The number of benzene rings is 1. The molecule has 0 fully saturated rings. The lowest BCUT2D eigenvalue weighted by Gasteiger charge is -2.13. The van der Waals surface area contributed by atoms with Gasteiger partial charge in [-0.3, -0.25) is 4.72 Å². The standard InChI is InChI=1S/C14H15ClN2O4S/c1-3-21-11-7-6-10(9-12(11)20-2)17-22(18,19)13-5-4-8-16-14(13)15/h4-9,17H,3H2,1-2H3. The molecule has 0 amide bonds. The summed E-state index contributed by atoms with van der Waals surface area (Å²) < 4.78 is 37.6. The highest BCUT2D eigenvalue weighted by molar-refractivity contribution is 7.92. The monoisotopic (exact) mass is 342 g/mol. The Morgan fingerprint density at radius 2 is 2.05 bits per heavy atom. The van der Waals surface area contributed by atoms with Gasteiger partial charge in [0.05, 0.1) is 19.4 Å². The number of ether oxygens (including phenoxy) is 2. The molecular weight excluding hydrogens is 328 g/mol. The molecule has 118 valence electrons. The van der Waals surface area contributed by atoms with E-state index in [0.717, 1.165) is 0 Å². The van der Waals surface area contributed by atoms with Gasteiger partial charge in [-0.25, -0.2) is 13.4 Å². The fraction of sp³-hybridized carbons (Fsp3) is 0.214. The van der Waals surface area contributed by atoms with Gasteiger partial charge in [-0.15, -0.1) is 0 Å². The number of methoxy groups -OCH3 is 1. The number of nitrogens with zero attached hydrogens (tertiary/aromatic N) is 1. The minimum atomic E-state index is -3.83. The van der Waals surface area contributed by atoms with Gasteiger partial charge in [0.2, 0.25) is 0 Å². The summed E-state index contributed by atoms with van der Waals surface area (Å²) in [7, 11) is -2.35. The van der Waals surface area contributed by atoms with E-state index in [0.29, 0.717) is 23.8 Å². The molecule has 0 unspecified atom stereocenters. The van der Waals surface area contributed by atoms with E-state index in [4.69, 9.17) is 21.1 Å². The second kappa shape index (κ2) is 6.85. The van der Waals surface area contributed by atoms with Crippen LogP contribution in [0.25, 0.3) is 0 Å². The summed E-state index contributed by atoms with van der Waals surface area (Å²) in [6.07, 6.45) is 1.42. The fourth-order valence-electron chi connectivity index (χ4n) is 1.79. The maximum Gasteiger partial charge on any atom is 0.264 e. The normalized spacial score (nSPS) is 11.0. The molecule has 0 aliphatic heterocycles. The van der Waals surface area contributed by atoms with Gasteiger partial charge >= 0.3 is 0 Å². The maximum atomic E-state index is 12.3. The van der Waals surface area contributed by atoms with Crippen LogP contribution in [-0.2, 0) is 10.0 Å². The van der Waals surface area contributed by atoms with E-state index in [1.165, 1.54) is 31.5 Å². The molecule has 1 aromatic heterocycles. The van der Waals surface area contributed by atoms with E-state index >= 15 is 0 Å². The molecule has 0 radical (unpaired) electrons. The van der Waals surface area contributed by atoms with Crippen molar-refractivity contribution < 1.29 is 17.9 Å². The minimum absolute atomic E-state index is 0.0899. The first-order valence-electron chi connectivity index (χ1n) is 6.42. The van der Waals surface area contributed by atoms with Gasteiger partial charge in [0.25, 0.3) is 10.0 Å². The van der Waals surface area contributed by atoms with E-state index in [1.807, 2.05) is 6.92 Å². The van der Waals surface area contributed by atoms with Crippen LogP contribution in [-0.4, -0.2) is 27.1 Å². The molecular formula is C14H15ClN2O4S. The second-order valence-corrected chi connectivity index (χ2v) is 6.21. The summed E-state index contributed by atoms with van der Waals surface area (Å²) >= 11 is 5.83. The Bertz CT molecular complexity index is 765. The molecule has 6 nitrogen and oxygen atoms in total. The number of rotatable bonds is 6. The molecule has 0 saturated heterocycles. The summed E-state index contributed by atoms with van der Waals surface area (Å²) in [5.74, 6) is 0.965.